The SMILES string of the molecule is O=C(C1CNCCN1)N1CCC(CO)CC1. The third-order valence-corrected chi connectivity index (χ3v) is 3.52. The van der Waals surface area contributed by atoms with Crippen molar-refractivity contribution in [2.24, 2.45) is 5.92 Å². The number of amides is 1. The maximum absolute atomic E-state index is 12.1. The number of rotatable bonds is 2. The molecule has 0 radical (unpaired) electrons. The van der Waals surface area contributed by atoms with Crippen LogP contribution in [0.3, 0.4) is 0 Å². The lowest BCUT2D eigenvalue weighted by Crippen LogP contribution is -2.57. The van der Waals surface area contributed by atoms with E-state index in [1.165, 1.54) is 0 Å². The fraction of sp³-hybridized carbons (Fsp3) is 0.909. The molecule has 2 fully saturated rings. The van der Waals surface area contributed by atoms with Gasteiger partial charge in [0.05, 0.1) is 6.04 Å². The van der Waals surface area contributed by atoms with Crippen LogP contribution in [0.2, 0.25) is 0 Å². The fourth-order valence-electron chi connectivity index (χ4n) is 2.38. The summed E-state index contributed by atoms with van der Waals surface area (Å²) in [7, 11) is 0. The minimum absolute atomic E-state index is 0.0561. The lowest BCUT2D eigenvalue weighted by molar-refractivity contribution is -0.135. The molecule has 5 nitrogen and oxygen atoms in total. The second-order valence-corrected chi connectivity index (χ2v) is 4.66. The van der Waals surface area contributed by atoms with Gasteiger partial charge < -0.3 is 20.6 Å². The first-order chi connectivity index (χ1) is 7.81. The summed E-state index contributed by atoms with van der Waals surface area (Å²) in [6, 6.07) is -0.0561. The average molecular weight is 227 g/mol. The molecule has 0 aliphatic carbocycles. The first kappa shape index (κ1) is 11.8. The number of hydrogen-bond donors (Lipinski definition) is 3. The Morgan fingerprint density at radius 1 is 1.31 bits per heavy atom. The van der Waals surface area contributed by atoms with Crippen molar-refractivity contribution in [1.29, 1.82) is 0 Å². The van der Waals surface area contributed by atoms with Crippen molar-refractivity contribution in [1.82, 2.24) is 15.5 Å². The highest BCUT2D eigenvalue weighted by atomic mass is 16.3. The third-order valence-electron chi connectivity index (χ3n) is 3.52. The lowest BCUT2D eigenvalue weighted by atomic mass is 9.97. The average Bonchev–Trinajstić information content (AvgIpc) is 2.39. The molecule has 5 heteroatoms. The maximum Gasteiger partial charge on any atom is 0.241 e. The Balaban J connectivity index is 1.81. The third kappa shape index (κ3) is 2.72. The van der Waals surface area contributed by atoms with E-state index in [0.29, 0.717) is 5.92 Å². The van der Waals surface area contributed by atoms with Gasteiger partial charge in [-0.2, -0.15) is 0 Å². The van der Waals surface area contributed by atoms with Crippen LogP contribution in [0.25, 0.3) is 0 Å². The second-order valence-electron chi connectivity index (χ2n) is 4.66. The molecule has 2 rings (SSSR count). The zero-order valence-corrected chi connectivity index (χ0v) is 9.61. The van der Waals surface area contributed by atoms with Gasteiger partial charge in [-0.15, -0.1) is 0 Å². The summed E-state index contributed by atoms with van der Waals surface area (Å²) in [6.07, 6.45) is 1.87. The van der Waals surface area contributed by atoms with Crippen LogP contribution in [-0.4, -0.2) is 61.3 Å². The highest BCUT2D eigenvalue weighted by Crippen LogP contribution is 2.17. The molecule has 0 aromatic carbocycles. The molecule has 2 saturated heterocycles. The van der Waals surface area contributed by atoms with E-state index in [-0.39, 0.29) is 18.6 Å². The normalized spacial score (nSPS) is 28.1. The Morgan fingerprint density at radius 2 is 2.06 bits per heavy atom. The molecule has 0 bridgehead atoms. The molecule has 0 aromatic rings. The van der Waals surface area contributed by atoms with E-state index >= 15 is 0 Å². The maximum atomic E-state index is 12.1. The van der Waals surface area contributed by atoms with Gasteiger partial charge in [0.1, 0.15) is 0 Å². The first-order valence-electron chi connectivity index (χ1n) is 6.15. The summed E-state index contributed by atoms with van der Waals surface area (Å²) in [4.78, 5) is 14.0. The smallest absolute Gasteiger partial charge is 0.241 e. The van der Waals surface area contributed by atoms with E-state index in [2.05, 4.69) is 10.6 Å². The number of carbonyl (C=O) groups is 1. The van der Waals surface area contributed by atoms with Gasteiger partial charge in [0.25, 0.3) is 0 Å². The Bertz CT molecular complexity index is 233. The number of piperidine rings is 1. The summed E-state index contributed by atoms with van der Waals surface area (Å²) < 4.78 is 0. The highest BCUT2D eigenvalue weighted by Gasteiger charge is 2.28. The number of nitrogens with zero attached hydrogens (tertiary/aromatic N) is 1. The van der Waals surface area contributed by atoms with Crippen molar-refractivity contribution in [2.45, 2.75) is 18.9 Å². The van der Waals surface area contributed by atoms with Gasteiger partial charge in [0.15, 0.2) is 0 Å². The zero-order chi connectivity index (χ0) is 11.4. The van der Waals surface area contributed by atoms with Gasteiger partial charge in [-0.3, -0.25) is 4.79 Å². The predicted octanol–water partition coefficient (Wildman–Crippen LogP) is -1.22. The fourth-order valence-corrected chi connectivity index (χ4v) is 2.38. The molecule has 2 aliphatic heterocycles. The number of likely N-dealkylation sites (tertiary alicyclic amines) is 1. The van der Waals surface area contributed by atoms with Gasteiger partial charge in [0.2, 0.25) is 5.91 Å². The topological polar surface area (TPSA) is 64.6 Å². The second kappa shape index (κ2) is 5.61. The van der Waals surface area contributed by atoms with Gasteiger partial charge in [-0.25, -0.2) is 0 Å². The van der Waals surface area contributed by atoms with Crippen LogP contribution < -0.4 is 10.6 Å². The van der Waals surface area contributed by atoms with Gasteiger partial charge in [0, 0.05) is 39.3 Å². The monoisotopic (exact) mass is 227 g/mol. The predicted molar refractivity (Wildman–Crippen MR) is 61.1 cm³/mol. The minimum atomic E-state index is -0.0561. The van der Waals surface area contributed by atoms with Crippen molar-refractivity contribution in [2.75, 3.05) is 39.3 Å². The molecule has 1 unspecified atom stereocenters. The number of carbonyl (C=O) groups excluding carboxylic acids is 1. The lowest BCUT2D eigenvalue weighted by Gasteiger charge is -2.35. The standard InChI is InChI=1S/C11H21N3O2/c15-8-9-1-5-14(6-2-9)11(16)10-7-12-3-4-13-10/h9-10,12-13,15H,1-8H2. The molecule has 0 spiro atoms. The van der Waals surface area contributed by atoms with Crippen LogP contribution in [0, 0.1) is 5.92 Å². The Morgan fingerprint density at radius 3 is 2.62 bits per heavy atom. The van der Waals surface area contributed by atoms with Gasteiger partial charge in [-0.1, -0.05) is 0 Å². The van der Waals surface area contributed by atoms with Crippen molar-refractivity contribution in [3.8, 4) is 0 Å². The van der Waals surface area contributed by atoms with E-state index in [0.717, 1.165) is 45.6 Å². The van der Waals surface area contributed by atoms with Crippen LogP contribution in [0.4, 0.5) is 0 Å². The molecular formula is C11H21N3O2. The van der Waals surface area contributed by atoms with E-state index in [1.54, 1.807) is 0 Å². The van der Waals surface area contributed by atoms with Crippen LogP contribution in [-0.2, 0) is 4.79 Å². The van der Waals surface area contributed by atoms with Gasteiger partial charge >= 0.3 is 0 Å². The van der Waals surface area contributed by atoms with Crippen molar-refractivity contribution in [3.05, 3.63) is 0 Å². The summed E-state index contributed by atoms with van der Waals surface area (Å²) >= 11 is 0. The quantitative estimate of drug-likeness (QED) is 0.553. The van der Waals surface area contributed by atoms with Crippen LogP contribution in [0.1, 0.15) is 12.8 Å². The summed E-state index contributed by atoms with van der Waals surface area (Å²) in [5.41, 5.74) is 0. The number of nitrogens with one attached hydrogen (secondary N) is 2. The largest absolute Gasteiger partial charge is 0.396 e. The van der Waals surface area contributed by atoms with E-state index in [1.807, 2.05) is 4.90 Å². The first-order valence-corrected chi connectivity index (χ1v) is 6.15. The minimum Gasteiger partial charge on any atom is -0.396 e. The molecule has 1 amide bonds. The van der Waals surface area contributed by atoms with E-state index < -0.39 is 0 Å². The van der Waals surface area contributed by atoms with Gasteiger partial charge in [-0.05, 0) is 18.8 Å². The summed E-state index contributed by atoms with van der Waals surface area (Å²) in [6.45, 7) is 4.38. The molecule has 16 heavy (non-hydrogen) atoms. The molecule has 2 heterocycles. The Labute approximate surface area is 96.2 Å². The van der Waals surface area contributed by atoms with Crippen molar-refractivity contribution < 1.29 is 9.90 Å². The zero-order valence-electron chi connectivity index (χ0n) is 9.61. The van der Waals surface area contributed by atoms with Crippen LogP contribution in [0.15, 0.2) is 0 Å². The number of piperazine rings is 1. The van der Waals surface area contributed by atoms with Crippen LogP contribution >= 0.6 is 0 Å². The van der Waals surface area contributed by atoms with Crippen molar-refractivity contribution in [3.63, 3.8) is 0 Å². The Hall–Kier alpha value is -0.650. The Kier molecular flexibility index (Phi) is 4.15. The molecule has 0 saturated carbocycles. The molecule has 2 aliphatic rings. The number of hydrogen-bond acceptors (Lipinski definition) is 4. The van der Waals surface area contributed by atoms with Crippen LogP contribution in [0.5, 0.6) is 0 Å². The van der Waals surface area contributed by atoms with E-state index in [4.69, 9.17) is 5.11 Å². The summed E-state index contributed by atoms with van der Waals surface area (Å²) in [5.74, 6) is 0.602. The molecule has 3 N–H and O–H groups in total. The van der Waals surface area contributed by atoms with Crippen molar-refractivity contribution >= 4 is 5.91 Å². The van der Waals surface area contributed by atoms with E-state index in [9.17, 15) is 4.79 Å². The number of aliphatic hydroxyl groups is 1. The molecule has 0 aromatic heterocycles. The number of aliphatic hydroxyl groups excluding tert-OH is 1. The summed E-state index contributed by atoms with van der Waals surface area (Å²) in [5, 5.41) is 15.5. The molecule has 1 atom stereocenters. The molecular weight excluding hydrogens is 206 g/mol. The highest BCUT2D eigenvalue weighted by molar-refractivity contribution is 5.82. The molecule has 92 valence electrons.